The molecule has 0 amide bonds. The molecular weight excluding hydrogens is 158 g/mol. The topological polar surface area (TPSA) is 4.93 Å². The summed E-state index contributed by atoms with van der Waals surface area (Å²) in [6, 6.07) is 0. The van der Waals surface area contributed by atoms with Crippen LogP contribution in [-0.4, -0.2) is 4.57 Å². The van der Waals surface area contributed by atoms with E-state index in [0.29, 0.717) is 0 Å². The van der Waals surface area contributed by atoms with Crippen molar-refractivity contribution in [3.8, 4) is 12.3 Å². The monoisotopic (exact) mass is 175 g/mol. The Kier molecular flexibility index (Phi) is 3.19. The summed E-state index contributed by atoms with van der Waals surface area (Å²) < 4.78 is 2.29. The van der Waals surface area contributed by atoms with E-state index in [-0.39, 0.29) is 0 Å². The molecule has 1 nitrogen and oxygen atoms in total. The zero-order chi connectivity index (χ0) is 9.84. The zero-order valence-corrected chi connectivity index (χ0v) is 8.72. The quantitative estimate of drug-likeness (QED) is 0.492. The fraction of sp³-hybridized carbons (Fsp3) is 0.500. The largest absolute Gasteiger partial charge is 0.351 e. The van der Waals surface area contributed by atoms with Gasteiger partial charge < -0.3 is 4.57 Å². The van der Waals surface area contributed by atoms with Crippen LogP contribution < -0.4 is 0 Å². The van der Waals surface area contributed by atoms with E-state index in [1.165, 1.54) is 16.8 Å². The number of aryl methyl sites for hydroxylation is 2. The van der Waals surface area contributed by atoms with Crippen LogP contribution in [0, 0.1) is 33.1 Å². The fourth-order valence-corrected chi connectivity index (χ4v) is 1.51. The van der Waals surface area contributed by atoms with Crippen molar-refractivity contribution in [3.05, 3.63) is 23.0 Å². The minimum atomic E-state index is 0.871. The predicted octanol–water partition coefficient (Wildman–Crippen LogP) is 2.83. The molecule has 0 saturated heterocycles. The first kappa shape index (κ1) is 9.92. The molecule has 0 aromatic carbocycles. The first-order valence-corrected chi connectivity index (χ1v) is 4.73. The number of rotatable bonds is 3. The Hall–Kier alpha value is -1.16. The van der Waals surface area contributed by atoms with Gasteiger partial charge in [0.05, 0.1) is 0 Å². The molecule has 13 heavy (non-hydrogen) atoms. The lowest BCUT2D eigenvalue weighted by Crippen LogP contribution is -1.98. The third kappa shape index (κ3) is 2.15. The molecule has 0 aliphatic carbocycles. The normalized spacial score (nSPS) is 10.0. The summed E-state index contributed by atoms with van der Waals surface area (Å²) in [7, 11) is 0. The highest BCUT2D eigenvalue weighted by molar-refractivity contribution is 5.28. The molecule has 0 saturated carbocycles. The van der Waals surface area contributed by atoms with Gasteiger partial charge in [0.1, 0.15) is 0 Å². The maximum absolute atomic E-state index is 5.21. The summed E-state index contributed by atoms with van der Waals surface area (Å²) in [6.07, 6.45) is 9.36. The standard InChI is InChI=1S/C12H17N/c1-5-6-7-8-13-9-10(2)11(3)12(13)4/h1,9H,6-8H2,2-4H3. The van der Waals surface area contributed by atoms with Gasteiger partial charge in [-0.3, -0.25) is 0 Å². The van der Waals surface area contributed by atoms with Gasteiger partial charge in [0.25, 0.3) is 0 Å². The van der Waals surface area contributed by atoms with Crippen molar-refractivity contribution in [2.75, 3.05) is 0 Å². The van der Waals surface area contributed by atoms with Crippen LogP contribution in [0.1, 0.15) is 29.7 Å². The van der Waals surface area contributed by atoms with E-state index in [4.69, 9.17) is 6.42 Å². The van der Waals surface area contributed by atoms with E-state index in [1.807, 2.05) is 0 Å². The Labute approximate surface area is 80.8 Å². The highest BCUT2D eigenvalue weighted by atomic mass is 15.0. The van der Waals surface area contributed by atoms with Crippen LogP contribution in [-0.2, 0) is 6.54 Å². The SMILES string of the molecule is C#CCCCn1cc(C)c(C)c1C. The van der Waals surface area contributed by atoms with E-state index in [9.17, 15) is 0 Å². The van der Waals surface area contributed by atoms with Crippen molar-refractivity contribution < 1.29 is 0 Å². The molecule has 1 rings (SSSR count). The van der Waals surface area contributed by atoms with E-state index in [0.717, 1.165) is 19.4 Å². The van der Waals surface area contributed by atoms with Crippen molar-refractivity contribution >= 4 is 0 Å². The van der Waals surface area contributed by atoms with Gasteiger partial charge in [-0.2, -0.15) is 0 Å². The Morgan fingerprint density at radius 1 is 1.38 bits per heavy atom. The molecular formula is C12H17N. The lowest BCUT2D eigenvalue weighted by molar-refractivity contribution is 0.642. The smallest absolute Gasteiger partial charge is 0.0231 e. The molecule has 0 fully saturated rings. The molecule has 0 aliphatic rings. The van der Waals surface area contributed by atoms with Gasteiger partial charge >= 0.3 is 0 Å². The van der Waals surface area contributed by atoms with Gasteiger partial charge in [0, 0.05) is 24.9 Å². The van der Waals surface area contributed by atoms with Crippen LogP contribution in [0.3, 0.4) is 0 Å². The van der Waals surface area contributed by atoms with Crippen molar-refractivity contribution in [1.29, 1.82) is 0 Å². The number of hydrogen-bond donors (Lipinski definition) is 0. The van der Waals surface area contributed by atoms with Gasteiger partial charge in [-0.25, -0.2) is 0 Å². The van der Waals surface area contributed by atoms with Crippen molar-refractivity contribution in [3.63, 3.8) is 0 Å². The molecule has 0 radical (unpaired) electrons. The maximum Gasteiger partial charge on any atom is 0.0231 e. The number of hydrogen-bond acceptors (Lipinski definition) is 0. The van der Waals surface area contributed by atoms with E-state index >= 15 is 0 Å². The minimum Gasteiger partial charge on any atom is -0.351 e. The molecule has 1 heterocycles. The second-order valence-electron chi connectivity index (χ2n) is 3.52. The molecule has 0 aliphatic heterocycles. The molecule has 0 spiro atoms. The average Bonchev–Trinajstić information content (AvgIpc) is 2.34. The lowest BCUT2D eigenvalue weighted by Gasteiger charge is -2.04. The number of nitrogens with zero attached hydrogens (tertiary/aromatic N) is 1. The van der Waals surface area contributed by atoms with Crippen LogP contribution in [0.2, 0.25) is 0 Å². The van der Waals surface area contributed by atoms with E-state index in [1.54, 1.807) is 0 Å². The second kappa shape index (κ2) is 4.18. The van der Waals surface area contributed by atoms with Crippen molar-refractivity contribution in [2.45, 2.75) is 40.2 Å². The van der Waals surface area contributed by atoms with Gasteiger partial charge in [-0.1, -0.05) is 0 Å². The highest BCUT2D eigenvalue weighted by Gasteiger charge is 2.03. The summed E-state index contributed by atoms with van der Waals surface area (Å²) in [4.78, 5) is 0. The fourth-order valence-electron chi connectivity index (χ4n) is 1.51. The molecule has 70 valence electrons. The molecule has 0 atom stereocenters. The third-order valence-corrected chi connectivity index (χ3v) is 2.63. The summed E-state index contributed by atoms with van der Waals surface area (Å²) in [5.74, 6) is 2.67. The number of terminal acetylenes is 1. The molecule has 1 heteroatoms. The number of aromatic nitrogens is 1. The van der Waals surface area contributed by atoms with Gasteiger partial charge in [-0.05, 0) is 38.3 Å². The lowest BCUT2D eigenvalue weighted by atomic mass is 10.2. The zero-order valence-electron chi connectivity index (χ0n) is 8.72. The van der Waals surface area contributed by atoms with Crippen molar-refractivity contribution in [2.24, 2.45) is 0 Å². The Morgan fingerprint density at radius 2 is 2.08 bits per heavy atom. The van der Waals surface area contributed by atoms with Crippen LogP contribution in [0.4, 0.5) is 0 Å². The number of unbranched alkanes of at least 4 members (excludes halogenated alkanes) is 1. The van der Waals surface area contributed by atoms with Crippen LogP contribution in [0.5, 0.6) is 0 Å². The van der Waals surface area contributed by atoms with Gasteiger partial charge in [0.2, 0.25) is 0 Å². The predicted molar refractivity (Wildman–Crippen MR) is 56.7 cm³/mol. The first-order valence-electron chi connectivity index (χ1n) is 4.73. The molecule has 0 bridgehead atoms. The molecule has 1 aromatic rings. The van der Waals surface area contributed by atoms with Gasteiger partial charge in [0.15, 0.2) is 0 Å². The first-order chi connectivity index (χ1) is 6.16. The third-order valence-electron chi connectivity index (χ3n) is 2.63. The molecule has 1 aromatic heterocycles. The summed E-state index contributed by atoms with van der Waals surface area (Å²) in [5.41, 5.74) is 4.15. The Morgan fingerprint density at radius 3 is 2.54 bits per heavy atom. The van der Waals surface area contributed by atoms with Crippen LogP contribution in [0.15, 0.2) is 6.20 Å². The Balaban J connectivity index is 2.68. The maximum atomic E-state index is 5.21. The second-order valence-corrected chi connectivity index (χ2v) is 3.52. The van der Waals surface area contributed by atoms with E-state index in [2.05, 4.69) is 37.5 Å². The molecule has 0 N–H and O–H groups in total. The van der Waals surface area contributed by atoms with Crippen LogP contribution in [0.25, 0.3) is 0 Å². The highest BCUT2D eigenvalue weighted by Crippen LogP contribution is 2.14. The summed E-state index contributed by atoms with van der Waals surface area (Å²) >= 11 is 0. The summed E-state index contributed by atoms with van der Waals surface area (Å²) in [5, 5.41) is 0. The minimum absolute atomic E-state index is 0.871. The van der Waals surface area contributed by atoms with Crippen LogP contribution >= 0.6 is 0 Å². The van der Waals surface area contributed by atoms with Crippen molar-refractivity contribution in [1.82, 2.24) is 4.57 Å². The van der Waals surface area contributed by atoms with Gasteiger partial charge in [-0.15, -0.1) is 12.3 Å². The average molecular weight is 175 g/mol. The van der Waals surface area contributed by atoms with E-state index < -0.39 is 0 Å². The summed E-state index contributed by atoms with van der Waals surface area (Å²) in [6.45, 7) is 7.53. The Bertz CT molecular complexity index is 326. The molecule has 0 unspecified atom stereocenters.